The molecule has 0 spiro atoms. The standard InChI is InChI=1S/C15H16N2O5S/c1-4-23-10-7-5-6-9(13(10)14(18)19)22-15-16-11(20-2)8-12(17-15)21-3/h5-8H,4H2,1-3H3,(H,18,19). The van der Waals surface area contributed by atoms with Crippen LogP contribution in [0.4, 0.5) is 0 Å². The molecule has 0 aliphatic heterocycles. The molecule has 2 aromatic rings. The summed E-state index contributed by atoms with van der Waals surface area (Å²) in [5.41, 5.74) is 0.0738. The minimum Gasteiger partial charge on any atom is -0.481 e. The maximum absolute atomic E-state index is 11.6. The van der Waals surface area contributed by atoms with Crippen molar-refractivity contribution in [3.63, 3.8) is 0 Å². The molecule has 0 aliphatic carbocycles. The maximum atomic E-state index is 11.6. The van der Waals surface area contributed by atoms with E-state index in [1.165, 1.54) is 32.0 Å². The SMILES string of the molecule is CCSc1cccc(Oc2nc(OC)cc(OC)n2)c1C(=O)O. The van der Waals surface area contributed by atoms with Gasteiger partial charge in [-0.25, -0.2) is 4.79 Å². The third-order valence-corrected chi connectivity index (χ3v) is 3.72. The highest BCUT2D eigenvalue weighted by atomic mass is 32.2. The Morgan fingerprint density at radius 2 is 1.87 bits per heavy atom. The van der Waals surface area contributed by atoms with Crippen LogP contribution < -0.4 is 14.2 Å². The molecular weight excluding hydrogens is 320 g/mol. The van der Waals surface area contributed by atoms with Crippen molar-refractivity contribution in [2.45, 2.75) is 11.8 Å². The van der Waals surface area contributed by atoms with Crippen molar-refractivity contribution in [1.82, 2.24) is 9.97 Å². The Kier molecular flexibility index (Phi) is 5.64. The lowest BCUT2D eigenvalue weighted by Crippen LogP contribution is -2.04. The molecule has 0 bridgehead atoms. The van der Waals surface area contributed by atoms with Gasteiger partial charge in [0, 0.05) is 4.90 Å². The van der Waals surface area contributed by atoms with Gasteiger partial charge < -0.3 is 19.3 Å². The molecule has 0 saturated carbocycles. The summed E-state index contributed by atoms with van der Waals surface area (Å²) in [4.78, 5) is 20.3. The third-order valence-electron chi connectivity index (χ3n) is 2.78. The van der Waals surface area contributed by atoms with Crippen molar-refractivity contribution < 1.29 is 24.1 Å². The Hall–Kier alpha value is -2.48. The fourth-order valence-electron chi connectivity index (χ4n) is 1.82. The van der Waals surface area contributed by atoms with Crippen LogP contribution in [0, 0.1) is 0 Å². The second-order valence-electron chi connectivity index (χ2n) is 4.20. The Bertz CT molecular complexity index is 686. The van der Waals surface area contributed by atoms with E-state index in [4.69, 9.17) is 14.2 Å². The molecule has 0 aliphatic rings. The van der Waals surface area contributed by atoms with Crippen molar-refractivity contribution in [3.8, 4) is 23.5 Å². The summed E-state index contributed by atoms with van der Waals surface area (Å²) >= 11 is 1.42. The second kappa shape index (κ2) is 7.68. The van der Waals surface area contributed by atoms with E-state index in [2.05, 4.69) is 9.97 Å². The van der Waals surface area contributed by atoms with E-state index in [9.17, 15) is 9.90 Å². The van der Waals surface area contributed by atoms with Crippen molar-refractivity contribution in [3.05, 3.63) is 29.8 Å². The van der Waals surface area contributed by atoms with Gasteiger partial charge in [-0.1, -0.05) is 13.0 Å². The van der Waals surface area contributed by atoms with E-state index >= 15 is 0 Å². The van der Waals surface area contributed by atoms with Gasteiger partial charge in [0.05, 0.1) is 20.3 Å². The first-order valence-electron chi connectivity index (χ1n) is 6.73. The van der Waals surface area contributed by atoms with Crippen LogP contribution in [0.25, 0.3) is 0 Å². The molecule has 0 fully saturated rings. The van der Waals surface area contributed by atoms with Crippen LogP contribution in [0.2, 0.25) is 0 Å². The van der Waals surface area contributed by atoms with Gasteiger partial charge in [-0.05, 0) is 17.9 Å². The lowest BCUT2D eigenvalue weighted by atomic mass is 10.2. The molecular formula is C15H16N2O5S. The average molecular weight is 336 g/mol. The van der Waals surface area contributed by atoms with Crippen molar-refractivity contribution >= 4 is 17.7 Å². The van der Waals surface area contributed by atoms with Crippen molar-refractivity contribution in [2.75, 3.05) is 20.0 Å². The Labute approximate surface area is 137 Å². The number of methoxy groups -OCH3 is 2. The smallest absolute Gasteiger partial charge is 0.340 e. The number of aromatic nitrogens is 2. The number of benzene rings is 1. The number of thioether (sulfide) groups is 1. The Balaban J connectivity index is 2.43. The van der Waals surface area contributed by atoms with Crippen molar-refractivity contribution in [1.29, 1.82) is 0 Å². The molecule has 122 valence electrons. The Morgan fingerprint density at radius 3 is 2.39 bits per heavy atom. The molecule has 0 atom stereocenters. The molecule has 1 aromatic carbocycles. The van der Waals surface area contributed by atoms with Gasteiger partial charge in [-0.3, -0.25) is 0 Å². The van der Waals surface area contributed by atoms with Gasteiger partial charge in [0.25, 0.3) is 0 Å². The molecule has 7 nitrogen and oxygen atoms in total. The largest absolute Gasteiger partial charge is 0.481 e. The fourth-order valence-corrected chi connectivity index (χ4v) is 2.64. The molecule has 0 unspecified atom stereocenters. The van der Waals surface area contributed by atoms with Crippen molar-refractivity contribution in [2.24, 2.45) is 0 Å². The minimum absolute atomic E-state index is 0.0534. The van der Waals surface area contributed by atoms with Gasteiger partial charge in [0.2, 0.25) is 11.8 Å². The zero-order valence-corrected chi connectivity index (χ0v) is 13.7. The van der Waals surface area contributed by atoms with Crippen LogP contribution >= 0.6 is 11.8 Å². The summed E-state index contributed by atoms with van der Waals surface area (Å²) in [7, 11) is 2.90. The summed E-state index contributed by atoms with van der Waals surface area (Å²) in [6.07, 6.45) is 0. The number of aromatic carboxylic acids is 1. The van der Waals surface area contributed by atoms with Gasteiger partial charge >= 0.3 is 12.0 Å². The monoisotopic (exact) mass is 336 g/mol. The molecule has 1 N–H and O–H groups in total. The number of rotatable bonds is 7. The number of hydrogen-bond acceptors (Lipinski definition) is 7. The van der Waals surface area contributed by atoms with Gasteiger partial charge in [-0.2, -0.15) is 9.97 Å². The fraction of sp³-hybridized carbons (Fsp3) is 0.267. The van der Waals surface area contributed by atoms with Gasteiger partial charge in [0.15, 0.2) is 0 Å². The highest BCUT2D eigenvalue weighted by Crippen LogP contribution is 2.33. The van der Waals surface area contributed by atoms with Crippen LogP contribution in [0.15, 0.2) is 29.2 Å². The molecule has 0 saturated heterocycles. The summed E-state index contributed by atoms with van der Waals surface area (Å²) in [6.45, 7) is 1.94. The molecule has 0 radical (unpaired) electrons. The number of ether oxygens (including phenoxy) is 3. The first-order valence-corrected chi connectivity index (χ1v) is 7.71. The summed E-state index contributed by atoms with van der Waals surface area (Å²) in [5.74, 6) is 0.330. The van der Waals surface area contributed by atoms with E-state index in [0.717, 1.165) is 5.75 Å². The number of hydrogen-bond donors (Lipinski definition) is 1. The third kappa shape index (κ3) is 4.04. The molecule has 23 heavy (non-hydrogen) atoms. The molecule has 1 heterocycles. The lowest BCUT2D eigenvalue weighted by molar-refractivity contribution is 0.0690. The van der Waals surface area contributed by atoms with Crippen LogP contribution in [0.5, 0.6) is 23.5 Å². The van der Waals surface area contributed by atoms with Gasteiger partial charge in [-0.15, -0.1) is 11.8 Å². The van der Waals surface area contributed by atoms with Crippen LogP contribution in [0.3, 0.4) is 0 Å². The first-order chi connectivity index (χ1) is 11.1. The predicted molar refractivity (Wildman–Crippen MR) is 85.0 cm³/mol. The molecule has 0 amide bonds. The normalized spacial score (nSPS) is 10.2. The summed E-state index contributed by atoms with van der Waals surface area (Å²) in [5, 5.41) is 9.47. The number of carbonyl (C=O) groups is 1. The van der Waals surface area contributed by atoms with E-state index in [-0.39, 0.29) is 29.1 Å². The number of carboxylic acids is 1. The zero-order valence-electron chi connectivity index (χ0n) is 12.9. The average Bonchev–Trinajstić information content (AvgIpc) is 2.54. The quantitative estimate of drug-likeness (QED) is 0.771. The highest BCUT2D eigenvalue weighted by Gasteiger charge is 2.19. The number of carboxylic acid groups (broad SMARTS) is 1. The molecule has 1 aromatic heterocycles. The number of nitrogens with zero attached hydrogens (tertiary/aromatic N) is 2. The van der Waals surface area contributed by atoms with Crippen LogP contribution in [-0.2, 0) is 0 Å². The summed E-state index contributed by atoms with van der Waals surface area (Å²) < 4.78 is 15.7. The first kappa shape index (κ1) is 16.9. The van der Waals surface area contributed by atoms with E-state index in [1.807, 2.05) is 6.92 Å². The van der Waals surface area contributed by atoms with E-state index < -0.39 is 5.97 Å². The minimum atomic E-state index is -1.08. The molecule has 2 rings (SSSR count). The van der Waals surface area contributed by atoms with E-state index in [0.29, 0.717) is 4.90 Å². The van der Waals surface area contributed by atoms with E-state index in [1.54, 1.807) is 18.2 Å². The summed E-state index contributed by atoms with van der Waals surface area (Å²) in [6, 6.07) is 6.45. The predicted octanol–water partition coefficient (Wildman–Crippen LogP) is 3.10. The van der Waals surface area contributed by atoms with Crippen LogP contribution in [0.1, 0.15) is 17.3 Å². The Morgan fingerprint density at radius 1 is 1.22 bits per heavy atom. The second-order valence-corrected chi connectivity index (χ2v) is 5.51. The molecule has 8 heteroatoms. The van der Waals surface area contributed by atoms with Crippen LogP contribution in [-0.4, -0.2) is 41.0 Å². The highest BCUT2D eigenvalue weighted by molar-refractivity contribution is 7.99. The topological polar surface area (TPSA) is 90.8 Å². The zero-order chi connectivity index (χ0) is 16.8. The maximum Gasteiger partial charge on any atom is 0.340 e. The lowest BCUT2D eigenvalue weighted by Gasteiger charge is -2.11. The van der Waals surface area contributed by atoms with Gasteiger partial charge in [0.1, 0.15) is 11.3 Å².